The van der Waals surface area contributed by atoms with E-state index in [-0.39, 0.29) is 0 Å². The molecule has 6 heteroatoms. The van der Waals surface area contributed by atoms with Crippen molar-refractivity contribution in [3.8, 4) is 0 Å². The Balaban J connectivity index is 0. The second-order valence-corrected chi connectivity index (χ2v) is 2.54. The summed E-state index contributed by atoms with van der Waals surface area (Å²) in [4.78, 5) is 23.6. The molecule has 0 rings (SSSR count). The fraction of sp³-hybridized carbons (Fsp3) is 0.500. The molecule has 0 aliphatic carbocycles. The van der Waals surface area contributed by atoms with Crippen molar-refractivity contribution < 1.29 is 19.1 Å². The van der Waals surface area contributed by atoms with Crippen LogP contribution in [-0.4, -0.2) is 22.9 Å². The van der Waals surface area contributed by atoms with E-state index in [1.54, 1.807) is 0 Å². The van der Waals surface area contributed by atoms with E-state index in [9.17, 15) is 4.57 Å². The van der Waals surface area contributed by atoms with Crippen LogP contribution in [0.25, 0.3) is 0 Å². The second kappa shape index (κ2) is 4.93. The molecule has 0 aliphatic rings. The first-order valence-electron chi connectivity index (χ1n) is 1.60. The average Bonchev–Trinajstić information content (AvgIpc) is 1.71. The molecule has 0 heterocycles. The van der Waals surface area contributed by atoms with E-state index in [1.807, 2.05) is 6.79 Å². The van der Waals surface area contributed by atoms with Crippen LogP contribution in [0, 0.1) is 0 Å². The second-order valence-electron chi connectivity index (χ2n) is 0.847. The standard InChI is InChI=1S/CH6NO3P.CH2O/c2-1-6(3,4)5;1-2/h1-2H2,(H2,3,4,5);1H2. The number of hydrogen-bond donors (Lipinski definition) is 3. The predicted octanol–water partition coefficient (Wildman–Crippen LogP) is -1.10. The Morgan fingerprint density at radius 3 is 1.62 bits per heavy atom. The van der Waals surface area contributed by atoms with Crippen LogP contribution in [0.1, 0.15) is 0 Å². The summed E-state index contributed by atoms with van der Waals surface area (Å²) in [5, 5.41) is 0. The SMILES string of the molecule is C=O.NCP(=O)(O)O. The highest BCUT2D eigenvalue weighted by molar-refractivity contribution is 7.51. The molecular weight excluding hydrogens is 133 g/mol. The van der Waals surface area contributed by atoms with E-state index < -0.39 is 13.9 Å². The molecule has 50 valence electrons. The maximum Gasteiger partial charge on any atom is 0.338 e. The van der Waals surface area contributed by atoms with E-state index >= 15 is 0 Å². The summed E-state index contributed by atoms with van der Waals surface area (Å²) >= 11 is 0. The fourth-order valence-electron chi connectivity index (χ4n) is 0. The molecule has 0 aliphatic heterocycles. The predicted molar refractivity (Wildman–Crippen MR) is 28.2 cm³/mol. The lowest BCUT2D eigenvalue weighted by Gasteiger charge is -1.92. The molecule has 0 bridgehead atoms. The summed E-state index contributed by atoms with van der Waals surface area (Å²) in [6, 6.07) is 0. The Morgan fingerprint density at radius 1 is 1.50 bits per heavy atom. The van der Waals surface area contributed by atoms with Crippen molar-refractivity contribution in [2.45, 2.75) is 0 Å². The van der Waals surface area contributed by atoms with Crippen LogP contribution >= 0.6 is 7.60 Å². The lowest BCUT2D eigenvalue weighted by Crippen LogP contribution is -1.97. The molecule has 8 heavy (non-hydrogen) atoms. The normalized spacial score (nSPS) is 9.38. The minimum Gasteiger partial charge on any atom is -0.324 e. The highest BCUT2D eigenvalue weighted by Gasteiger charge is 2.05. The van der Waals surface area contributed by atoms with E-state index in [0.717, 1.165) is 0 Å². The third kappa shape index (κ3) is 17.1. The molecule has 0 atom stereocenters. The van der Waals surface area contributed by atoms with Crippen molar-refractivity contribution >= 4 is 14.4 Å². The van der Waals surface area contributed by atoms with Crippen LogP contribution in [-0.2, 0) is 9.36 Å². The van der Waals surface area contributed by atoms with Crippen molar-refractivity contribution in [2.75, 3.05) is 6.29 Å². The molecule has 5 nitrogen and oxygen atoms in total. The van der Waals surface area contributed by atoms with Crippen LogP contribution in [0.5, 0.6) is 0 Å². The van der Waals surface area contributed by atoms with Crippen molar-refractivity contribution in [3.05, 3.63) is 0 Å². The average molecular weight is 141 g/mol. The Kier molecular flexibility index (Phi) is 6.59. The van der Waals surface area contributed by atoms with Gasteiger partial charge in [0.05, 0.1) is 6.29 Å². The first kappa shape index (κ1) is 10.7. The molecule has 0 radical (unpaired) electrons. The smallest absolute Gasteiger partial charge is 0.324 e. The molecule has 0 aromatic rings. The summed E-state index contributed by atoms with van der Waals surface area (Å²) in [6.45, 7) is 2.00. The van der Waals surface area contributed by atoms with Gasteiger partial charge in [-0.15, -0.1) is 0 Å². The van der Waals surface area contributed by atoms with Crippen LogP contribution < -0.4 is 5.73 Å². The molecule has 0 amide bonds. The van der Waals surface area contributed by atoms with E-state index in [2.05, 4.69) is 5.73 Å². The molecular formula is C2H8NO4P. The van der Waals surface area contributed by atoms with E-state index in [0.29, 0.717) is 0 Å². The van der Waals surface area contributed by atoms with Gasteiger partial charge in [0.1, 0.15) is 6.79 Å². The zero-order valence-corrected chi connectivity index (χ0v) is 5.04. The number of hydrogen-bond acceptors (Lipinski definition) is 3. The van der Waals surface area contributed by atoms with Gasteiger partial charge >= 0.3 is 7.60 Å². The molecule has 0 saturated heterocycles. The lowest BCUT2D eigenvalue weighted by atomic mass is 11.6. The highest BCUT2D eigenvalue weighted by atomic mass is 31.2. The van der Waals surface area contributed by atoms with Crippen molar-refractivity contribution in [1.29, 1.82) is 0 Å². The zero-order valence-electron chi connectivity index (χ0n) is 4.15. The van der Waals surface area contributed by atoms with Crippen molar-refractivity contribution in [2.24, 2.45) is 5.73 Å². The quantitative estimate of drug-likeness (QED) is 0.402. The molecule has 0 saturated carbocycles. The molecule has 0 aromatic heterocycles. The van der Waals surface area contributed by atoms with Crippen LogP contribution in [0.15, 0.2) is 0 Å². The Bertz CT molecular complexity index is 88.0. The Hall–Kier alpha value is -0.220. The van der Waals surface area contributed by atoms with Gasteiger partial charge in [0.15, 0.2) is 0 Å². The molecule has 4 N–H and O–H groups in total. The maximum atomic E-state index is 9.57. The number of nitrogens with two attached hydrogens (primary N) is 1. The molecule has 0 unspecified atom stereocenters. The minimum atomic E-state index is -3.87. The summed E-state index contributed by atoms with van der Waals surface area (Å²) in [6.07, 6.45) is -0.562. The van der Waals surface area contributed by atoms with Gasteiger partial charge in [-0.1, -0.05) is 0 Å². The molecule has 0 fully saturated rings. The third-order valence-corrected chi connectivity index (χ3v) is 0.714. The monoisotopic (exact) mass is 141 g/mol. The largest absolute Gasteiger partial charge is 0.338 e. The topological polar surface area (TPSA) is 101 Å². The van der Waals surface area contributed by atoms with Gasteiger partial charge in [0, 0.05) is 0 Å². The lowest BCUT2D eigenvalue weighted by molar-refractivity contribution is -0.0979. The van der Waals surface area contributed by atoms with E-state index in [1.165, 1.54) is 0 Å². The third-order valence-electron chi connectivity index (χ3n) is 0.238. The summed E-state index contributed by atoms with van der Waals surface area (Å²) in [5.41, 5.74) is 4.54. The van der Waals surface area contributed by atoms with Gasteiger partial charge in [-0.2, -0.15) is 0 Å². The maximum absolute atomic E-state index is 9.57. The van der Waals surface area contributed by atoms with E-state index in [4.69, 9.17) is 14.6 Å². The van der Waals surface area contributed by atoms with Crippen LogP contribution in [0.2, 0.25) is 0 Å². The minimum absolute atomic E-state index is 0.562. The van der Waals surface area contributed by atoms with Gasteiger partial charge < -0.3 is 20.3 Å². The summed E-state index contributed by atoms with van der Waals surface area (Å²) in [7, 11) is -3.87. The highest BCUT2D eigenvalue weighted by Crippen LogP contribution is 2.30. The number of carbonyl (C=O) groups excluding carboxylic acids is 1. The van der Waals surface area contributed by atoms with Crippen molar-refractivity contribution in [3.63, 3.8) is 0 Å². The van der Waals surface area contributed by atoms with Crippen molar-refractivity contribution in [1.82, 2.24) is 0 Å². The fourth-order valence-corrected chi connectivity index (χ4v) is 0. The van der Waals surface area contributed by atoms with Gasteiger partial charge in [0.2, 0.25) is 0 Å². The van der Waals surface area contributed by atoms with Gasteiger partial charge in [-0.3, -0.25) is 4.57 Å². The van der Waals surface area contributed by atoms with Gasteiger partial charge in [-0.05, 0) is 0 Å². The summed E-state index contributed by atoms with van der Waals surface area (Å²) < 4.78 is 9.57. The first-order valence-corrected chi connectivity index (χ1v) is 3.39. The van der Waals surface area contributed by atoms with Gasteiger partial charge in [0.25, 0.3) is 0 Å². The van der Waals surface area contributed by atoms with Gasteiger partial charge in [-0.25, -0.2) is 0 Å². The van der Waals surface area contributed by atoms with Crippen LogP contribution in [0.4, 0.5) is 0 Å². The Morgan fingerprint density at radius 2 is 1.62 bits per heavy atom. The zero-order chi connectivity index (χ0) is 7.21. The molecule has 0 aromatic carbocycles. The Labute approximate surface area is 46.7 Å². The summed E-state index contributed by atoms with van der Waals surface area (Å²) in [5.74, 6) is 0. The molecule has 0 spiro atoms. The number of carbonyl (C=O) groups is 1. The van der Waals surface area contributed by atoms with Crippen LogP contribution in [0.3, 0.4) is 0 Å². The number of rotatable bonds is 1. The first-order chi connectivity index (χ1) is 3.56.